The van der Waals surface area contributed by atoms with Crippen LogP contribution >= 0.6 is 0 Å². The average Bonchev–Trinajstić information content (AvgIpc) is 3.37. The fourth-order valence-corrected chi connectivity index (χ4v) is 6.82. The van der Waals surface area contributed by atoms with Crippen LogP contribution in [-0.2, 0) is 28.6 Å². The second kappa shape index (κ2) is 57.6. The second-order valence-electron chi connectivity index (χ2n) is 17.7. The first kappa shape index (κ1) is 66.0. The van der Waals surface area contributed by atoms with Crippen LogP contribution in [0.4, 0.5) is 0 Å². The number of carbonyl (C=O) groups is 3. The molecule has 6 nitrogen and oxygen atoms in total. The molecule has 0 aliphatic rings. The monoisotopic (exact) mass is 977 g/mol. The molecule has 0 aliphatic heterocycles. The van der Waals surface area contributed by atoms with E-state index in [1.165, 1.54) is 51.4 Å². The van der Waals surface area contributed by atoms with Gasteiger partial charge in [0.05, 0.1) is 0 Å². The lowest BCUT2D eigenvalue weighted by molar-refractivity contribution is -0.166. The summed E-state index contributed by atoms with van der Waals surface area (Å²) in [5.74, 6) is -1.12. The smallest absolute Gasteiger partial charge is 0.306 e. The third-order valence-electron chi connectivity index (χ3n) is 11.0. The van der Waals surface area contributed by atoms with Crippen LogP contribution in [0.5, 0.6) is 0 Å². The maximum absolute atomic E-state index is 12.8. The topological polar surface area (TPSA) is 78.9 Å². The minimum atomic E-state index is -0.858. The highest BCUT2D eigenvalue weighted by molar-refractivity contribution is 5.71. The number of esters is 3. The van der Waals surface area contributed by atoms with E-state index in [0.29, 0.717) is 19.3 Å². The van der Waals surface area contributed by atoms with E-state index in [9.17, 15) is 14.4 Å². The molecule has 0 saturated carbocycles. The number of hydrogen-bond acceptors (Lipinski definition) is 6. The van der Waals surface area contributed by atoms with E-state index in [0.717, 1.165) is 109 Å². The highest BCUT2D eigenvalue weighted by atomic mass is 16.6. The molecular formula is C65H100O6. The first-order chi connectivity index (χ1) is 35.0. The molecule has 0 aliphatic carbocycles. The molecule has 0 N–H and O–H groups in total. The Hall–Kier alpha value is -4.97. The van der Waals surface area contributed by atoms with E-state index in [2.05, 4.69) is 167 Å². The largest absolute Gasteiger partial charge is 0.462 e. The number of hydrogen-bond donors (Lipinski definition) is 0. The van der Waals surface area contributed by atoms with Crippen molar-refractivity contribution in [2.24, 2.45) is 0 Å². The lowest BCUT2D eigenvalue weighted by Crippen LogP contribution is -2.30. The van der Waals surface area contributed by atoms with Crippen molar-refractivity contribution in [1.29, 1.82) is 0 Å². The van der Waals surface area contributed by atoms with Gasteiger partial charge in [0.2, 0.25) is 0 Å². The van der Waals surface area contributed by atoms with Gasteiger partial charge in [-0.25, -0.2) is 0 Å². The Morgan fingerprint density at radius 3 is 0.958 bits per heavy atom. The molecule has 0 fully saturated rings. The molecule has 0 spiro atoms. The second-order valence-corrected chi connectivity index (χ2v) is 17.7. The standard InChI is InChI=1S/C65H100O6/c1-4-7-10-13-16-19-22-25-28-31-32-35-38-41-44-47-50-53-56-59-65(68)71-62(60-69-63(66)57-54-51-48-45-42-39-36-33-29-26-23-20-17-14-11-8-5-2)61-70-64(67)58-55-52-49-46-43-40-37-34-30-27-24-21-18-15-12-9-6-3/h7,10,16-21,25-30,32,35-37,39-41,44-45,48,50,53,62H,4-6,8-9,11-15,22-24,31,33-34,38,42-43,46-47,49,51-52,54-61H2,1-3H3/b10-7-,19-16-,20-17-,21-18-,28-25-,29-26-,30-27-,35-32-,39-36-,40-37-,44-41-,48-45-,53-50-/t62-/m1/s1. The lowest BCUT2D eigenvalue weighted by atomic mass is 10.1. The number of allylic oxidation sites excluding steroid dienone is 26. The van der Waals surface area contributed by atoms with Gasteiger partial charge in [-0.05, 0) is 135 Å². The Labute approximate surface area is 435 Å². The lowest BCUT2D eigenvalue weighted by Gasteiger charge is -2.18. The van der Waals surface area contributed by atoms with Gasteiger partial charge in [-0.1, -0.05) is 217 Å². The summed E-state index contributed by atoms with van der Waals surface area (Å²) in [5, 5.41) is 0. The first-order valence-corrected chi connectivity index (χ1v) is 28.0. The molecule has 0 aromatic rings. The van der Waals surface area contributed by atoms with Gasteiger partial charge in [-0.3, -0.25) is 14.4 Å². The summed E-state index contributed by atoms with van der Waals surface area (Å²) in [4.78, 5) is 38.1. The van der Waals surface area contributed by atoms with Crippen molar-refractivity contribution in [1.82, 2.24) is 0 Å². The SMILES string of the molecule is CC/C=C\C/C=C\C/C=C\C/C=C\C/C=C\C/C=C\CCC(=O)O[C@H](COC(=O)CCC/C=C\C/C=C\C/C=C\C/C=C\CCCCC)COC(=O)CCCCCC/C=C\C/C=C\C/C=C\CCCCC. The summed E-state index contributed by atoms with van der Waals surface area (Å²) >= 11 is 0. The Morgan fingerprint density at radius 2 is 0.592 bits per heavy atom. The van der Waals surface area contributed by atoms with Crippen LogP contribution in [0, 0.1) is 0 Å². The van der Waals surface area contributed by atoms with Crippen LogP contribution in [0.15, 0.2) is 158 Å². The van der Waals surface area contributed by atoms with Crippen LogP contribution < -0.4 is 0 Å². The fraction of sp³-hybridized carbons (Fsp3) is 0.554. The predicted molar refractivity (Wildman–Crippen MR) is 306 cm³/mol. The van der Waals surface area contributed by atoms with Gasteiger partial charge in [0.1, 0.15) is 13.2 Å². The van der Waals surface area contributed by atoms with Gasteiger partial charge >= 0.3 is 17.9 Å². The molecular weight excluding hydrogens is 877 g/mol. The number of carbonyl (C=O) groups excluding carboxylic acids is 3. The van der Waals surface area contributed by atoms with Gasteiger partial charge < -0.3 is 14.2 Å². The van der Waals surface area contributed by atoms with Crippen LogP contribution in [0.1, 0.15) is 213 Å². The van der Waals surface area contributed by atoms with Crippen LogP contribution in [0.2, 0.25) is 0 Å². The molecule has 6 heteroatoms. The van der Waals surface area contributed by atoms with E-state index in [1.807, 2.05) is 12.2 Å². The molecule has 0 aromatic carbocycles. The minimum Gasteiger partial charge on any atom is -0.462 e. The zero-order valence-electron chi connectivity index (χ0n) is 45.2. The maximum atomic E-state index is 12.8. The molecule has 0 aromatic heterocycles. The van der Waals surface area contributed by atoms with Crippen molar-refractivity contribution in [3.8, 4) is 0 Å². The van der Waals surface area contributed by atoms with Crippen molar-refractivity contribution < 1.29 is 28.6 Å². The molecule has 1 atom stereocenters. The summed E-state index contributed by atoms with van der Waals surface area (Å²) < 4.78 is 16.7. The molecule has 0 radical (unpaired) electrons. The summed E-state index contributed by atoms with van der Waals surface area (Å²) in [6.45, 7) is 6.32. The van der Waals surface area contributed by atoms with Crippen molar-refractivity contribution in [3.63, 3.8) is 0 Å². The van der Waals surface area contributed by atoms with Crippen LogP contribution in [0.3, 0.4) is 0 Å². The van der Waals surface area contributed by atoms with Crippen LogP contribution in [-0.4, -0.2) is 37.2 Å². The third kappa shape index (κ3) is 55.8. The molecule has 0 bridgehead atoms. The van der Waals surface area contributed by atoms with Gasteiger partial charge in [0.15, 0.2) is 6.10 Å². The zero-order valence-corrected chi connectivity index (χ0v) is 45.2. The minimum absolute atomic E-state index is 0.144. The molecule has 71 heavy (non-hydrogen) atoms. The number of rotatable bonds is 48. The molecule has 0 unspecified atom stereocenters. The highest BCUT2D eigenvalue weighted by Crippen LogP contribution is 2.10. The highest BCUT2D eigenvalue weighted by Gasteiger charge is 2.19. The fourth-order valence-electron chi connectivity index (χ4n) is 6.82. The predicted octanol–water partition coefficient (Wildman–Crippen LogP) is 19.0. The summed E-state index contributed by atoms with van der Waals surface area (Å²) in [6.07, 6.45) is 83.8. The Morgan fingerprint density at radius 1 is 0.296 bits per heavy atom. The summed E-state index contributed by atoms with van der Waals surface area (Å²) in [7, 11) is 0. The van der Waals surface area contributed by atoms with E-state index >= 15 is 0 Å². The van der Waals surface area contributed by atoms with Crippen molar-refractivity contribution in [3.05, 3.63) is 158 Å². The molecule has 396 valence electrons. The maximum Gasteiger partial charge on any atom is 0.306 e. The van der Waals surface area contributed by atoms with Gasteiger partial charge in [-0.15, -0.1) is 0 Å². The number of unbranched alkanes of at least 4 members (excludes halogenated alkanes) is 11. The molecule has 0 heterocycles. The Bertz CT molecular complexity index is 1640. The normalized spacial score (nSPS) is 13.3. The third-order valence-corrected chi connectivity index (χ3v) is 11.0. The van der Waals surface area contributed by atoms with Gasteiger partial charge in [0.25, 0.3) is 0 Å². The quantitative estimate of drug-likeness (QED) is 0.0262. The van der Waals surface area contributed by atoms with Crippen molar-refractivity contribution >= 4 is 17.9 Å². The van der Waals surface area contributed by atoms with Crippen molar-refractivity contribution in [2.75, 3.05) is 13.2 Å². The average molecular weight is 978 g/mol. The summed E-state index contributed by atoms with van der Waals surface area (Å²) in [6, 6.07) is 0. The molecule has 0 rings (SSSR count). The van der Waals surface area contributed by atoms with Crippen LogP contribution in [0.25, 0.3) is 0 Å². The Kier molecular flexibility index (Phi) is 53.6. The van der Waals surface area contributed by atoms with E-state index in [1.54, 1.807) is 0 Å². The van der Waals surface area contributed by atoms with Crippen molar-refractivity contribution in [2.45, 2.75) is 219 Å². The Balaban J connectivity index is 4.67. The van der Waals surface area contributed by atoms with E-state index < -0.39 is 12.1 Å². The zero-order chi connectivity index (χ0) is 51.4. The first-order valence-electron chi connectivity index (χ1n) is 28.0. The van der Waals surface area contributed by atoms with Gasteiger partial charge in [-0.2, -0.15) is 0 Å². The summed E-state index contributed by atoms with van der Waals surface area (Å²) in [5.41, 5.74) is 0. The molecule has 0 amide bonds. The number of ether oxygens (including phenoxy) is 3. The van der Waals surface area contributed by atoms with Gasteiger partial charge in [0, 0.05) is 19.3 Å². The van der Waals surface area contributed by atoms with E-state index in [-0.39, 0.29) is 38.0 Å². The molecule has 0 saturated heterocycles. The van der Waals surface area contributed by atoms with E-state index in [4.69, 9.17) is 14.2 Å².